The lowest BCUT2D eigenvalue weighted by Gasteiger charge is -2.31. The Kier molecular flexibility index (Phi) is 9.50. The molecule has 5 nitrogen and oxygen atoms in total. The Labute approximate surface area is 184 Å². The molecule has 0 saturated carbocycles. The largest absolute Gasteiger partial charge is 0.484 e. The Morgan fingerprint density at radius 2 is 1.58 bits per heavy atom. The first kappa shape index (κ1) is 24.4. The van der Waals surface area contributed by atoms with Crippen molar-refractivity contribution in [2.45, 2.75) is 65.6 Å². The molecule has 2 rings (SSSR count). The van der Waals surface area contributed by atoms with Crippen LogP contribution in [0.4, 0.5) is 4.39 Å². The summed E-state index contributed by atoms with van der Waals surface area (Å²) in [6.45, 7) is 7.88. The van der Waals surface area contributed by atoms with Crippen LogP contribution in [-0.2, 0) is 22.6 Å². The molecule has 0 aliphatic carbocycles. The minimum atomic E-state index is -0.641. The van der Waals surface area contributed by atoms with E-state index in [-0.39, 0.29) is 36.8 Å². The van der Waals surface area contributed by atoms with E-state index in [9.17, 15) is 14.0 Å². The second kappa shape index (κ2) is 12.1. The van der Waals surface area contributed by atoms with Gasteiger partial charge in [0.25, 0.3) is 5.91 Å². The van der Waals surface area contributed by atoms with Crippen molar-refractivity contribution in [2.75, 3.05) is 6.61 Å². The Balaban J connectivity index is 2.18. The molecule has 0 fully saturated rings. The molecule has 0 spiro atoms. The molecule has 0 saturated heterocycles. The van der Waals surface area contributed by atoms with Crippen LogP contribution in [0.1, 0.15) is 51.7 Å². The Morgan fingerprint density at radius 1 is 0.968 bits per heavy atom. The summed E-state index contributed by atoms with van der Waals surface area (Å²) >= 11 is 0. The lowest BCUT2D eigenvalue weighted by Crippen LogP contribution is -2.51. The number of amides is 2. The topological polar surface area (TPSA) is 58.6 Å². The van der Waals surface area contributed by atoms with Gasteiger partial charge in [0.05, 0.1) is 0 Å². The smallest absolute Gasteiger partial charge is 0.261 e. The lowest BCUT2D eigenvalue weighted by molar-refractivity contribution is -0.143. The average Bonchev–Trinajstić information content (AvgIpc) is 2.78. The second-order valence-corrected chi connectivity index (χ2v) is 7.68. The first-order valence-electron chi connectivity index (χ1n) is 10.9. The Hall–Kier alpha value is -2.89. The highest BCUT2D eigenvalue weighted by Crippen LogP contribution is 2.16. The molecule has 0 aromatic heterocycles. The number of nitrogens with zero attached hydrogens (tertiary/aromatic N) is 1. The fraction of sp³-hybridized carbons (Fsp3) is 0.440. The van der Waals surface area contributed by atoms with E-state index in [1.54, 1.807) is 12.1 Å². The van der Waals surface area contributed by atoms with Crippen molar-refractivity contribution in [2.24, 2.45) is 0 Å². The van der Waals surface area contributed by atoms with Gasteiger partial charge < -0.3 is 15.0 Å². The van der Waals surface area contributed by atoms with E-state index in [0.717, 1.165) is 18.4 Å². The van der Waals surface area contributed by atoms with Crippen LogP contribution in [0.2, 0.25) is 0 Å². The van der Waals surface area contributed by atoms with Crippen LogP contribution in [0.5, 0.6) is 5.75 Å². The number of benzene rings is 2. The maximum atomic E-state index is 13.3. The van der Waals surface area contributed by atoms with Gasteiger partial charge in [0.1, 0.15) is 17.6 Å². The fourth-order valence-electron chi connectivity index (χ4n) is 3.20. The second-order valence-electron chi connectivity index (χ2n) is 7.68. The average molecular weight is 429 g/mol. The van der Waals surface area contributed by atoms with E-state index < -0.39 is 6.04 Å². The van der Waals surface area contributed by atoms with Crippen LogP contribution in [0.3, 0.4) is 0 Å². The predicted molar refractivity (Wildman–Crippen MR) is 120 cm³/mol. The van der Waals surface area contributed by atoms with Crippen LogP contribution in [0, 0.1) is 5.82 Å². The molecule has 31 heavy (non-hydrogen) atoms. The summed E-state index contributed by atoms with van der Waals surface area (Å²) in [6, 6.07) is 12.9. The summed E-state index contributed by atoms with van der Waals surface area (Å²) in [7, 11) is 0. The van der Waals surface area contributed by atoms with Gasteiger partial charge in [0, 0.05) is 12.6 Å². The van der Waals surface area contributed by atoms with Gasteiger partial charge in [0.15, 0.2) is 6.61 Å². The van der Waals surface area contributed by atoms with Gasteiger partial charge in [-0.3, -0.25) is 9.59 Å². The number of hydrogen-bond donors (Lipinski definition) is 1. The third-order valence-electron chi connectivity index (χ3n) is 5.35. The van der Waals surface area contributed by atoms with Crippen molar-refractivity contribution >= 4 is 11.8 Å². The molecular weight excluding hydrogens is 395 g/mol. The van der Waals surface area contributed by atoms with Gasteiger partial charge >= 0.3 is 0 Å². The van der Waals surface area contributed by atoms with Crippen LogP contribution in [0.25, 0.3) is 0 Å². The van der Waals surface area contributed by atoms with E-state index >= 15 is 0 Å². The number of halogens is 1. The number of carbonyl (C=O) groups excluding carboxylic acids is 2. The zero-order chi connectivity index (χ0) is 22.8. The quantitative estimate of drug-likeness (QED) is 0.574. The standard InChI is InChI=1S/C25H33FN2O3/c1-5-18(4)27-25(30)23(7-3)28(16-20-8-12-21(26)13-9-20)24(29)17-31-22-14-10-19(6-2)11-15-22/h8-15,18,23H,5-7,16-17H2,1-4H3,(H,27,30). The highest BCUT2D eigenvalue weighted by molar-refractivity contribution is 5.88. The van der Waals surface area contributed by atoms with Crippen molar-refractivity contribution in [3.63, 3.8) is 0 Å². The van der Waals surface area contributed by atoms with Crippen molar-refractivity contribution in [1.82, 2.24) is 10.2 Å². The molecule has 0 aliphatic rings. The van der Waals surface area contributed by atoms with Crippen molar-refractivity contribution in [1.29, 1.82) is 0 Å². The number of hydrogen-bond acceptors (Lipinski definition) is 3. The van der Waals surface area contributed by atoms with Gasteiger partial charge in [-0.05, 0) is 61.6 Å². The molecule has 0 heterocycles. The van der Waals surface area contributed by atoms with Crippen molar-refractivity contribution < 1.29 is 18.7 Å². The number of rotatable bonds is 11. The highest BCUT2D eigenvalue weighted by atomic mass is 19.1. The molecule has 0 bridgehead atoms. The molecule has 0 radical (unpaired) electrons. The molecule has 2 aromatic rings. The van der Waals surface area contributed by atoms with Gasteiger partial charge in [-0.2, -0.15) is 0 Å². The van der Waals surface area contributed by atoms with Crippen LogP contribution >= 0.6 is 0 Å². The van der Waals surface area contributed by atoms with E-state index in [1.165, 1.54) is 22.6 Å². The molecule has 2 amide bonds. The number of ether oxygens (including phenoxy) is 1. The summed E-state index contributed by atoms with van der Waals surface area (Å²) in [5, 5.41) is 2.96. The normalized spacial score (nSPS) is 12.7. The van der Waals surface area contributed by atoms with Gasteiger partial charge in [-0.25, -0.2) is 4.39 Å². The molecule has 168 valence electrons. The van der Waals surface area contributed by atoms with Gasteiger partial charge in [0.2, 0.25) is 5.91 Å². The molecule has 2 atom stereocenters. The summed E-state index contributed by atoms with van der Waals surface area (Å²) in [5.74, 6) is -0.235. The molecular formula is C25H33FN2O3. The first-order chi connectivity index (χ1) is 14.9. The van der Waals surface area contributed by atoms with Crippen LogP contribution in [-0.4, -0.2) is 35.4 Å². The van der Waals surface area contributed by atoms with E-state index in [2.05, 4.69) is 12.2 Å². The zero-order valence-electron chi connectivity index (χ0n) is 18.9. The Bertz CT molecular complexity index is 837. The molecule has 2 unspecified atom stereocenters. The van der Waals surface area contributed by atoms with E-state index in [0.29, 0.717) is 12.2 Å². The minimum Gasteiger partial charge on any atom is -0.484 e. The number of aryl methyl sites for hydroxylation is 1. The first-order valence-corrected chi connectivity index (χ1v) is 10.9. The van der Waals surface area contributed by atoms with Crippen LogP contribution < -0.4 is 10.1 Å². The highest BCUT2D eigenvalue weighted by Gasteiger charge is 2.29. The fourth-order valence-corrected chi connectivity index (χ4v) is 3.20. The third kappa shape index (κ3) is 7.39. The maximum Gasteiger partial charge on any atom is 0.261 e. The molecule has 0 aliphatic heterocycles. The minimum absolute atomic E-state index is 0.0117. The number of nitrogens with one attached hydrogen (secondary N) is 1. The summed E-state index contributed by atoms with van der Waals surface area (Å²) in [6.07, 6.45) is 2.18. The molecule has 6 heteroatoms. The van der Waals surface area contributed by atoms with Crippen LogP contribution in [0.15, 0.2) is 48.5 Å². The SMILES string of the molecule is CCc1ccc(OCC(=O)N(Cc2ccc(F)cc2)C(CC)C(=O)NC(C)CC)cc1. The summed E-state index contributed by atoms with van der Waals surface area (Å²) in [5.41, 5.74) is 1.93. The summed E-state index contributed by atoms with van der Waals surface area (Å²) in [4.78, 5) is 27.5. The molecule has 2 aromatic carbocycles. The van der Waals surface area contributed by atoms with Crippen molar-refractivity contribution in [3.8, 4) is 5.75 Å². The Morgan fingerprint density at radius 3 is 2.13 bits per heavy atom. The van der Waals surface area contributed by atoms with Crippen molar-refractivity contribution in [3.05, 3.63) is 65.5 Å². The van der Waals surface area contributed by atoms with Gasteiger partial charge in [-0.1, -0.05) is 45.0 Å². The molecule has 1 N–H and O–H groups in total. The van der Waals surface area contributed by atoms with E-state index in [4.69, 9.17) is 4.74 Å². The summed E-state index contributed by atoms with van der Waals surface area (Å²) < 4.78 is 19.0. The monoisotopic (exact) mass is 428 g/mol. The predicted octanol–water partition coefficient (Wildman–Crippen LogP) is 4.49. The third-order valence-corrected chi connectivity index (χ3v) is 5.35. The maximum absolute atomic E-state index is 13.3. The lowest BCUT2D eigenvalue weighted by atomic mass is 10.1. The zero-order valence-corrected chi connectivity index (χ0v) is 18.9. The number of carbonyl (C=O) groups is 2. The van der Waals surface area contributed by atoms with E-state index in [1.807, 2.05) is 45.0 Å². The van der Waals surface area contributed by atoms with Gasteiger partial charge in [-0.15, -0.1) is 0 Å².